The molecule has 0 heterocycles. The monoisotopic (exact) mass is 348 g/mol. The average Bonchev–Trinajstić information content (AvgIpc) is 2.55. The molecule has 124 valence electrons. The number of carbonyl (C=O) groups is 2. The normalized spacial score (nSPS) is 10.0. The standard InChI is InChI=1S/C16H13ClN2O5/c17-12-6-4-11(5-7-12)8-16(21)24-10-15(20)18-13-2-1-3-14(9-13)19(22)23/h1-7,9H,8,10H2,(H,18,20). The maximum absolute atomic E-state index is 11.7. The lowest BCUT2D eigenvalue weighted by Gasteiger charge is -2.07. The molecule has 0 atom stereocenters. The van der Waals surface area contributed by atoms with E-state index in [4.69, 9.17) is 16.3 Å². The largest absolute Gasteiger partial charge is 0.455 e. The second-order valence-electron chi connectivity index (χ2n) is 4.82. The Kier molecular flexibility index (Phi) is 5.86. The summed E-state index contributed by atoms with van der Waals surface area (Å²) >= 11 is 5.75. The molecule has 0 saturated heterocycles. The highest BCUT2D eigenvalue weighted by molar-refractivity contribution is 6.30. The van der Waals surface area contributed by atoms with E-state index < -0.39 is 23.4 Å². The van der Waals surface area contributed by atoms with E-state index in [2.05, 4.69) is 5.32 Å². The molecule has 0 aromatic heterocycles. The van der Waals surface area contributed by atoms with Crippen molar-refractivity contribution in [1.82, 2.24) is 0 Å². The molecule has 0 spiro atoms. The van der Waals surface area contributed by atoms with Gasteiger partial charge < -0.3 is 10.1 Å². The van der Waals surface area contributed by atoms with Crippen molar-refractivity contribution < 1.29 is 19.2 Å². The third-order valence-electron chi connectivity index (χ3n) is 2.97. The molecule has 2 aromatic rings. The summed E-state index contributed by atoms with van der Waals surface area (Å²) in [4.78, 5) is 33.5. The van der Waals surface area contributed by atoms with Gasteiger partial charge in [0, 0.05) is 22.8 Å². The molecule has 0 unspecified atom stereocenters. The minimum Gasteiger partial charge on any atom is -0.455 e. The number of non-ortho nitro benzene ring substituents is 1. The number of nitro benzene ring substituents is 1. The topological polar surface area (TPSA) is 98.5 Å². The first-order valence-corrected chi connectivity index (χ1v) is 7.26. The summed E-state index contributed by atoms with van der Waals surface area (Å²) in [7, 11) is 0. The van der Waals surface area contributed by atoms with Gasteiger partial charge in [-0.15, -0.1) is 0 Å². The van der Waals surface area contributed by atoms with Crippen LogP contribution in [0.2, 0.25) is 5.02 Å². The number of ether oxygens (including phenoxy) is 1. The number of nitrogens with zero attached hydrogens (tertiary/aromatic N) is 1. The molecule has 7 nitrogen and oxygen atoms in total. The first kappa shape index (κ1) is 17.4. The number of carbonyl (C=O) groups excluding carboxylic acids is 2. The van der Waals surface area contributed by atoms with Crippen molar-refractivity contribution in [3.63, 3.8) is 0 Å². The molecule has 0 fully saturated rings. The first-order valence-electron chi connectivity index (χ1n) is 6.88. The number of halogens is 1. The van der Waals surface area contributed by atoms with Crippen molar-refractivity contribution in [1.29, 1.82) is 0 Å². The zero-order valence-corrected chi connectivity index (χ0v) is 13.2. The lowest BCUT2D eigenvalue weighted by Crippen LogP contribution is -2.21. The van der Waals surface area contributed by atoms with Gasteiger partial charge in [0.2, 0.25) is 0 Å². The average molecular weight is 349 g/mol. The molecule has 0 aliphatic rings. The molecule has 1 amide bonds. The van der Waals surface area contributed by atoms with E-state index in [0.29, 0.717) is 10.6 Å². The van der Waals surface area contributed by atoms with Gasteiger partial charge in [0.05, 0.1) is 11.3 Å². The van der Waals surface area contributed by atoms with Gasteiger partial charge in [0.1, 0.15) is 0 Å². The van der Waals surface area contributed by atoms with Crippen LogP contribution in [-0.2, 0) is 20.7 Å². The molecule has 0 aliphatic carbocycles. The van der Waals surface area contributed by atoms with Gasteiger partial charge in [-0.2, -0.15) is 0 Å². The number of rotatable bonds is 6. The number of amides is 1. The van der Waals surface area contributed by atoms with Crippen LogP contribution in [-0.4, -0.2) is 23.4 Å². The molecule has 2 rings (SSSR count). The minimum atomic E-state index is -0.583. The Hall–Kier alpha value is -2.93. The number of hydrogen-bond acceptors (Lipinski definition) is 5. The second-order valence-corrected chi connectivity index (χ2v) is 5.26. The summed E-state index contributed by atoms with van der Waals surface area (Å²) in [5.41, 5.74) is 0.818. The maximum Gasteiger partial charge on any atom is 0.310 e. The number of nitro groups is 1. The second kappa shape index (κ2) is 8.07. The van der Waals surface area contributed by atoms with Crippen LogP contribution in [0.25, 0.3) is 0 Å². The van der Waals surface area contributed by atoms with E-state index in [1.807, 2.05) is 0 Å². The highest BCUT2D eigenvalue weighted by Crippen LogP contribution is 2.17. The highest BCUT2D eigenvalue weighted by Gasteiger charge is 2.11. The summed E-state index contributed by atoms with van der Waals surface area (Å²) in [5, 5.41) is 13.6. The van der Waals surface area contributed by atoms with Gasteiger partial charge in [-0.3, -0.25) is 19.7 Å². The number of esters is 1. The molecule has 1 N–H and O–H groups in total. The lowest BCUT2D eigenvalue weighted by molar-refractivity contribution is -0.384. The van der Waals surface area contributed by atoms with Gasteiger partial charge >= 0.3 is 5.97 Å². The first-order chi connectivity index (χ1) is 11.4. The molecule has 0 saturated carbocycles. The molecule has 8 heteroatoms. The van der Waals surface area contributed by atoms with Crippen molar-refractivity contribution in [2.24, 2.45) is 0 Å². The zero-order valence-electron chi connectivity index (χ0n) is 12.4. The summed E-state index contributed by atoms with van der Waals surface area (Å²) in [6.07, 6.45) is 0.0151. The van der Waals surface area contributed by atoms with Crippen molar-refractivity contribution in [2.75, 3.05) is 11.9 Å². The number of benzene rings is 2. The van der Waals surface area contributed by atoms with Crippen LogP contribution in [0.15, 0.2) is 48.5 Å². The maximum atomic E-state index is 11.7. The van der Waals surface area contributed by atoms with E-state index in [-0.39, 0.29) is 17.8 Å². The Morgan fingerprint density at radius 1 is 1.17 bits per heavy atom. The summed E-state index contributed by atoms with van der Waals surface area (Å²) in [5.74, 6) is -1.15. The van der Waals surface area contributed by atoms with E-state index in [1.165, 1.54) is 24.3 Å². The quantitative estimate of drug-likeness (QED) is 0.491. The minimum absolute atomic E-state index is 0.0151. The van der Waals surface area contributed by atoms with Crippen molar-refractivity contribution in [3.8, 4) is 0 Å². The van der Waals surface area contributed by atoms with Crippen molar-refractivity contribution >= 4 is 34.9 Å². The Balaban J connectivity index is 1.82. The van der Waals surface area contributed by atoms with Crippen LogP contribution in [0.5, 0.6) is 0 Å². The Labute approximate surface area is 142 Å². The predicted octanol–water partition coefficient (Wildman–Crippen LogP) is 2.97. The van der Waals surface area contributed by atoms with Crippen molar-refractivity contribution in [2.45, 2.75) is 6.42 Å². The summed E-state index contributed by atoms with van der Waals surface area (Å²) < 4.78 is 4.87. The number of nitrogens with one attached hydrogen (secondary N) is 1. The number of hydrogen-bond donors (Lipinski definition) is 1. The molecule has 0 radical (unpaired) electrons. The fourth-order valence-electron chi connectivity index (χ4n) is 1.86. The fourth-order valence-corrected chi connectivity index (χ4v) is 1.99. The van der Waals surface area contributed by atoms with Gasteiger partial charge in [-0.05, 0) is 23.8 Å². The van der Waals surface area contributed by atoms with Gasteiger partial charge in [0.15, 0.2) is 6.61 Å². The SMILES string of the molecule is O=C(COC(=O)Cc1ccc(Cl)cc1)Nc1cccc([N+](=O)[O-])c1. The molecule has 0 aliphatic heterocycles. The predicted molar refractivity (Wildman–Crippen MR) is 87.8 cm³/mol. The van der Waals surface area contributed by atoms with Gasteiger partial charge in [-0.25, -0.2) is 0 Å². The van der Waals surface area contributed by atoms with Crippen LogP contribution in [0, 0.1) is 10.1 Å². The van der Waals surface area contributed by atoms with Crippen LogP contribution in [0.3, 0.4) is 0 Å². The third kappa shape index (κ3) is 5.36. The van der Waals surface area contributed by atoms with Crippen molar-refractivity contribution in [3.05, 3.63) is 69.2 Å². The van der Waals surface area contributed by atoms with E-state index >= 15 is 0 Å². The van der Waals surface area contributed by atoms with E-state index in [0.717, 1.165) is 0 Å². The molecule has 2 aromatic carbocycles. The third-order valence-corrected chi connectivity index (χ3v) is 3.22. The Morgan fingerprint density at radius 3 is 2.54 bits per heavy atom. The Bertz CT molecular complexity index is 761. The van der Waals surface area contributed by atoms with Gasteiger partial charge in [-0.1, -0.05) is 29.8 Å². The van der Waals surface area contributed by atoms with E-state index in [9.17, 15) is 19.7 Å². The molecular formula is C16H13ClN2O5. The Morgan fingerprint density at radius 2 is 1.88 bits per heavy atom. The fraction of sp³-hybridized carbons (Fsp3) is 0.125. The molecule has 24 heavy (non-hydrogen) atoms. The van der Waals surface area contributed by atoms with Crippen LogP contribution in [0.1, 0.15) is 5.56 Å². The zero-order chi connectivity index (χ0) is 17.5. The molecular weight excluding hydrogens is 336 g/mol. The highest BCUT2D eigenvalue weighted by atomic mass is 35.5. The molecule has 0 bridgehead atoms. The summed E-state index contributed by atoms with van der Waals surface area (Å²) in [6.45, 7) is -0.477. The van der Waals surface area contributed by atoms with Crippen LogP contribution in [0.4, 0.5) is 11.4 Å². The lowest BCUT2D eigenvalue weighted by atomic mass is 10.1. The van der Waals surface area contributed by atoms with E-state index in [1.54, 1.807) is 24.3 Å². The number of anilines is 1. The summed E-state index contributed by atoms with van der Waals surface area (Å²) in [6, 6.07) is 12.1. The van der Waals surface area contributed by atoms with Crippen LogP contribution < -0.4 is 5.32 Å². The smallest absolute Gasteiger partial charge is 0.310 e. The van der Waals surface area contributed by atoms with Gasteiger partial charge in [0.25, 0.3) is 11.6 Å². The van der Waals surface area contributed by atoms with Crippen LogP contribution >= 0.6 is 11.6 Å².